The molecule has 9 heteroatoms. The molecule has 8 nitrogen and oxygen atoms in total. The lowest BCUT2D eigenvalue weighted by molar-refractivity contribution is -0.384. The predicted octanol–water partition coefficient (Wildman–Crippen LogP) is 4.27. The molecule has 0 unspecified atom stereocenters. The van der Waals surface area contributed by atoms with Crippen LogP contribution >= 0.6 is 11.6 Å². The Bertz CT molecular complexity index is 1140. The number of hydrogen-bond donors (Lipinski definition) is 0. The van der Waals surface area contributed by atoms with Crippen molar-refractivity contribution < 1.29 is 23.9 Å². The number of ether oxygens (including phenoxy) is 3. The lowest BCUT2D eigenvalue weighted by atomic mass is 10.1. The number of aliphatic imine (C=N–C) groups is 1. The van der Waals surface area contributed by atoms with E-state index in [0.717, 1.165) is 11.1 Å². The number of halogens is 1. The normalized spacial score (nSPS) is 16.8. The third-order valence-electron chi connectivity index (χ3n) is 4.17. The van der Waals surface area contributed by atoms with Gasteiger partial charge in [-0.1, -0.05) is 23.7 Å². The number of rotatable bonds is 4. The first-order chi connectivity index (χ1) is 13.9. The maximum atomic E-state index is 12.2. The fraction of sp³-hybridized carbons (Fsp3) is 0.100. The van der Waals surface area contributed by atoms with Crippen LogP contribution in [-0.2, 0) is 9.53 Å². The Morgan fingerprint density at radius 3 is 2.79 bits per heavy atom. The molecule has 0 bridgehead atoms. The maximum Gasteiger partial charge on any atom is 0.363 e. The van der Waals surface area contributed by atoms with Crippen molar-refractivity contribution in [3.8, 4) is 11.5 Å². The molecule has 0 aliphatic carbocycles. The van der Waals surface area contributed by atoms with Crippen molar-refractivity contribution in [1.82, 2.24) is 0 Å². The number of fused-ring (bicyclic) bond motifs is 1. The van der Waals surface area contributed by atoms with Crippen LogP contribution in [-0.4, -0.2) is 23.6 Å². The smallest absolute Gasteiger partial charge is 0.363 e. The molecule has 2 aliphatic rings. The Hall–Kier alpha value is -3.65. The second-order valence-electron chi connectivity index (χ2n) is 6.26. The minimum absolute atomic E-state index is 0.0667. The number of nitro groups is 1. The Kier molecular flexibility index (Phi) is 4.77. The van der Waals surface area contributed by atoms with Gasteiger partial charge < -0.3 is 14.2 Å². The maximum absolute atomic E-state index is 12.2. The molecule has 4 rings (SSSR count). The molecule has 0 spiro atoms. The van der Waals surface area contributed by atoms with Crippen LogP contribution in [0.2, 0.25) is 5.02 Å². The number of nitrogens with zero attached hydrogens (tertiary/aromatic N) is 2. The van der Waals surface area contributed by atoms with E-state index in [1.165, 1.54) is 18.2 Å². The molecular weight excluding hydrogens is 400 g/mol. The van der Waals surface area contributed by atoms with Gasteiger partial charge in [0.05, 0.1) is 15.5 Å². The number of carbonyl (C=O) groups is 1. The molecule has 0 radical (unpaired) electrons. The van der Waals surface area contributed by atoms with Gasteiger partial charge in [-0.2, -0.15) is 0 Å². The van der Waals surface area contributed by atoms with E-state index in [1.807, 2.05) is 18.2 Å². The van der Waals surface area contributed by atoms with Gasteiger partial charge in [-0.25, -0.2) is 9.79 Å². The second-order valence-corrected chi connectivity index (χ2v) is 6.67. The molecule has 146 valence electrons. The van der Waals surface area contributed by atoms with Gasteiger partial charge in [-0.3, -0.25) is 10.1 Å². The Balaban J connectivity index is 1.62. The topological polar surface area (TPSA) is 100 Å². The second kappa shape index (κ2) is 7.40. The summed E-state index contributed by atoms with van der Waals surface area (Å²) in [6.07, 6.45) is 3.40. The number of hydrogen-bond acceptors (Lipinski definition) is 7. The van der Waals surface area contributed by atoms with Crippen LogP contribution in [0.25, 0.3) is 6.08 Å². The van der Waals surface area contributed by atoms with E-state index < -0.39 is 10.9 Å². The molecule has 2 aromatic rings. The highest BCUT2D eigenvalue weighted by atomic mass is 35.5. The summed E-state index contributed by atoms with van der Waals surface area (Å²) in [5, 5.41) is 11.2. The molecule has 0 saturated carbocycles. The van der Waals surface area contributed by atoms with Crippen molar-refractivity contribution in [2.24, 2.45) is 4.99 Å². The van der Waals surface area contributed by atoms with Crippen LogP contribution in [0, 0.1) is 10.1 Å². The summed E-state index contributed by atoms with van der Waals surface area (Å²) in [4.78, 5) is 26.8. The van der Waals surface area contributed by atoms with Crippen LogP contribution in [0.4, 0.5) is 5.69 Å². The molecule has 2 aromatic carbocycles. The van der Waals surface area contributed by atoms with Gasteiger partial charge >= 0.3 is 5.97 Å². The van der Waals surface area contributed by atoms with Crippen molar-refractivity contribution in [3.05, 3.63) is 80.0 Å². The van der Waals surface area contributed by atoms with Crippen molar-refractivity contribution in [1.29, 1.82) is 0 Å². The summed E-state index contributed by atoms with van der Waals surface area (Å²) in [5.74, 6) is 0.590. The summed E-state index contributed by atoms with van der Waals surface area (Å²) in [6.45, 7) is 1.99. The summed E-state index contributed by atoms with van der Waals surface area (Å²) in [7, 11) is 0. The number of allylic oxidation sites excluding steroid dienone is 2. The molecule has 0 saturated heterocycles. The van der Waals surface area contributed by atoms with Gasteiger partial charge in [0.25, 0.3) is 5.69 Å². The number of benzene rings is 2. The van der Waals surface area contributed by atoms with E-state index in [0.29, 0.717) is 11.5 Å². The third kappa shape index (κ3) is 3.83. The zero-order chi connectivity index (χ0) is 20.5. The monoisotopic (exact) mass is 412 g/mol. The van der Waals surface area contributed by atoms with Crippen LogP contribution in [0.15, 0.2) is 58.7 Å². The van der Waals surface area contributed by atoms with Crippen LogP contribution < -0.4 is 9.47 Å². The van der Waals surface area contributed by atoms with E-state index >= 15 is 0 Å². The van der Waals surface area contributed by atoms with E-state index in [4.69, 9.17) is 25.8 Å². The average molecular weight is 413 g/mol. The minimum Gasteiger partial charge on any atom is -0.454 e. The van der Waals surface area contributed by atoms with Crippen molar-refractivity contribution in [2.45, 2.75) is 6.92 Å². The molecule has 0 aromatic heterocycles. The number of non-ortho nitro benzene ring substituents is 1. The van der Waals surface area contributed by atoms with Gasteiger partial charge in [-0.05, 0) is 42.3 Å². The number of carbonyl (C=O) groups excluding carboxylic acids is 1. The van der Waals surface area contributed by atoms with Gasteiger partial charge in [0.1, 0.15) is 0 Å². The van der Waals surface area contributed by atoms with Crippen molar-refractivity contribution in [3.63, 3.8) is 0 Å². The highest BCUT2D eigenvalue weighted by molar-refractivity contribution is 6.34. The Morgan fingerprint density at radius 2 is 2.00 bits per heavy atom. The molecule has 0 amide bonds. The molecule has 0 N–H and O–H groups in total. The quantitative estimate of drug-likeness (QED) is 0.322. The van der Waals surface area contributed by atoms with Crippen molar-refractivity contribution in [2.75, 3.05) is 6.79 Å². The lowest BCUT2D eigenvalue weighted by Gasteiger charge is -2.02. The van der Waals surface area contributed by atoms with E-state index in [2.05, 4.69) is 4.99 Å². The molecule has 2 heterocycles. The summed E-state index contributed by atoms with van der Waals surface area (Å²) in [5.41, 5.74) is 1.67. The SMILES string of the molecule is CC(/C=C1\N=C(c2cc([N+](=O)[O-])ccc2Cl)OC1=O)=C\c1ccc2c(c1)OCO2. The van der Waals surface area contributed by atoms with Gasteiger partial charge in [-0.15, -0.1) is 0 Å². The lowest BCUT2D eigenvalue weighted by Crippen LogP contribution is -2.06. The molecule has 0 atom stereocenters. The van der Waals surface area contributed by atoms with Crippen LogP contribution in [0.3, 0.4) is 0 Å². The zero-order valence-corrected chi connectivity index (χ0v) is 15.8. The van der Waals surface area contributed by atoms with E-state index in [9.17, 15) is 14.9 Å². The van der Waals surface area contributed by atoms with Gasteiger partial charge in [0, 0.05) is 12.1 Å². The fourth-order valence-corrected chi connectivity index (χ4v) is 3.04. The number of cyclic esters (lactones) is 1. The first-order valence-electron chi connectivity index (χ1n) is 8.45. The largest absolute Gasteiger partial charge is 0.454 e. The molecular formula is C20H13ClN2O6. The van der Waals surface area contributed by atoms with Crippen LogP contribution in [0.5, 0.6) is 11.5 Å². The molecule has 2 aliphatic heterocycles. The average Bonchev–Trinajstić information content (AvgIpc) is 3.28. The highest BCUT2D eigenvalue weighted by Crippen LogP contribution is 2.33. The van der Waals surface area contributed by atoms with E-state index in [1.54, 1.807) is 19.1 Å². The minimum atomic E-state index is -0.666. The van der Waals surface area contributed by atoms with Crippen LogP contribution in [0.1, 0.15) is 18.1 Å². The van der Waals surface area contributed by atoms with Crippen molar-refractivity contribution >= 4 is 35.2 Å². The fourth-order valence-electron chi connectivity index (χ4n) is 2.84. The number of esters is 1. The highest BCUT2D eigenvalue weighted by Gasteiger charge is 2.27. The third-order valence-corrected chi connectivity index (χ3v) is 4.50. The first-order valence-corrected chi connectivity index (χ1v) is 8.83. The number of nitro benzene ring substituents is 1. The summed E-state index contributed by atoms with van der Waals surface area (Å²) >= 11 is 6.09. The van der Waals surface area contributed by atoms with Gasteiger partial charge in [0.2, 0.25) is 12.7 Å². The summed E-state index contributed by atoms with van der Waals surface area (Å²) in [6, 6.07) is 9.33. The van der Waals surface area contributed by atoms with Gasteiger partial charge in [0.15, 0.2) is 17.2 Å². The Labute approximate surface area is 169 Å². The predicted molar refractivity (Wildman–Crippen MR) is 105 cm³/mol. The standard InChI is InChI=1S/C20H13ClN2O6/c1-11(6-12-2-5-17-18(8-12)28-10-27-17)7-16-20(24)29-19(22-16)14-9-13(23(25)26)3-4-15(14)21/h2-9H,10H2,1H3/b11-6+,16-7-. The van der Waals surface area contributed by atoms with E-state index in [-0.39, 0.29) is 34.7 Å². The Morgan fingerprint density at radius 1 is 1.21 bits per heavy atom. The molecule has 29 heavy (non-hydrogen) atoms. The summed E-state index contributed by atoms with van der Waals surface area (Å²) < 4.78 is 15.8. The molecule has 0 fully saturated rings. The first kappa shape index (κ1) is 18.7. The zero-order valence-electron chi connectivity index (χ0n) is 15.0.